The van der Waals surface area contributed by atoms with E-state index in [1.807, 2.05) is 0 Å². The average molecular weight is 251 g/mol. The van der Waals surface area contributed by atoms with Crippen LogP contribution in [0.3, 0.4) is 0 Å². The molecule has 2 rings (SSSR count). The van der Waals surface area contributed by atoms with Crippen LogP contribution < -0.4 is 0 Å². The summed E-state index contributed by atoms with van der Waals surface area (Å²) in [7, 11) is 0. The summed E-state index contributed by atoms with van der Waals surface area (Å²) in [6, 6.07) is 4.51. The Kier molecular flexibility index (Phi) is 4.14. The summed E-state index contributed by atoms with van der Waals surface area (Å²) in [5.41, 5.74) is 5.44. The lowest BCUT2D eigenvalue weighted by atomic mass is 9.91. The summed E-state index contributed by atoms with van der Waals surface area (Å²) >= 11 is 6.65. The van der Waals surface area contributed by atoms with E-state index >= 15 is 0 Å². The highest BCUT2D eigenvalue weighted by Crippen LogP contribution is 2.38. The van der Waals surface area contributed by atoms with Crippen molar-refractivity contribution < 1.29 is 0 Å². The van der Waals surface area contributed by atoms with Crippen molar-refractivity contribution in [2.24, 2.45) is 5.92 Å². The molecule has 94 valence electrons. The lowest BCUT2D eigenvalue weighted by Gasteiger charge is -2.19. The molecule has 1 aromatic rings. The number of aryl methyl sites for hydroxylation is 3. The molecule has 0 amide bonds. The zero-order chi connectivity index (χ0) is 12.4. The van der Waals surface area contributed by atoms with E-state index < -0.39 is 0 Å². The Hall–Kier alpha value is -0.490. The number of halogens is 1. The van der Waals surface area contributed by atoms with Crippen LogP contribution in [0, 0.1) is 26.7 Å². The molecule has 0 saturated heterocycles. The number of rotatable bonds is 3. The maximum atomic E-state index is 6.65. The van der Waals surface area contributed by atoms with Gasteiger partial charge in [0.25, 0.3) is 0 Å². The predicted molar refractivity (Wildman–Crippen MR) is 75.8 cm³/mol. The van der Waals surface area contributed by atoms with Gasteiger partial charge in [0.15, 0.2) is 0 Å². The second-order valence-electron chi connectivity index (χ2n) is 5.67. The lowest BCUT2D eigenvalue weighted by molar-refractivity contribution is 0.494. The van der Waals surface area contributed by atoms with Gasteiger partial charge in [-0.15, -0.1) is 11.6 Å². The molecule has 1 atom stereocenters. The second-order valence-corrected chi connectivity index (χ2v) is 6.19. The van der Waals surface area contributed by atoms with E-state index in [2.05, 4.69) is 32.9 Å². The highest BCUT2D eigenvalue weighted by Gasteiger charge is 2.21. The van der Waals surface area contributed by atoms with Gasteiger partial charge in [0.05, 0.1) is 5.38 Å². The molecular weight excluding hydrogens is 228 g/mol. The molecule has 0 heterocycles. The van der Waals surface area contributed by atoms with Crippen molar-refractivity contribution >= 4 is 11.6 Å². The fraction of sp³-hybridized carbons (Fsp3) is 0.625. The third kappa shape index (κ3) is 3.04. The van der Waals surface area contributed by atoms with Gasteiger partial charge in [-0.3, -0.25) is 0 Å². The molecule has 0 aromatic heterocycles. The van der Waals surface area contributed by atoms with Crippen molar-refractivity contribution in [1.29, 1.82) is 0 Å². The molecule has 17 heavy (non-hydrogen) atoms. The number of benzene rings is 1. The highest BCUT2D eigenvalue weighted by molar-refractivity contribution is 6.21. The Morgan fingerprint density at radius 3 is 2.18 bits per heavy atom. The molecule has 1 saturated carbocycles. The molecule has 0 N–H and O–H groups in total. The first-order valence-corrected chi connectivity index (χ1v) is 7.23. The first kappa shape index (κ1) is 13.0. The summed E-state index contributed by atoms with van der Waals surface area (Å²) in [6.45, 7) is 6.54. The van der Waals surface area contributed by atoms with Crippen molar-refractivity contribution in [2.45, 2.75) is 58.3 Å². The van der Waals surface area contributed by atoms with E-state index in [0.29, 0.717) is 0 Å². The van der Waals surface area contributed by atoms with E-state index in [1.54, 1.807) is 0 Å². The molecule has 1 heteroatoms. The van der Waals surface area contributed by atoms with Crippen LogP contribution in [0.15, 0.2) is 12.1 Å². The van der Waals surface area contributed by atoms with Gasteiger partial charge in [-0.2, -0.15) is 0 Å². The molecule has 0 spiro atoms. The molecule has 1 fully saturated rings. The Bertz CT molecular complexity index is 366. The van der Waals surface area contributed by atoms with Crippen LogP contribution in [-0.4, -0.2) is 0 Å². The first-order chi connectivity index (χ1) is 8.08. The average Bonchev–Trinajstić information content (AvgIpc) is 2.68. The SMILES string of the molecule is Cc1cc(C)c(C(Cl)CC2CCCC2)c(C)c1. The summed E-state index contributed by atoms with van der Waals surface area (Å²) < 4.78 is 0. The predicted octanol–water partition coefficient (Wildman–Crippen LogP) is 5.47. The van der Waals surface area contributed by atoms with Gasteiger partial charge in [0.1, 0.15) is 0 Å². The van der Waals surface area contributed by atoms with E-state index in [9.17, 15) is 0 Å². The topological polar surface area (TPSA) is 0 Å². The lowest BCUT2D eigenvalue weighted by Crippen LogP contribution is -2.04. The third-order valence-corrected chi connectivity index (χ3v) is 4.46. The van der Waals surface area contributed by atoms with Crippen molar-refractivity contribution in [3.63, 3.8) is 0 Å². The van der Waals surface area contributed by atoms with Crippen LogP contribution in [-0.2, 0) is 0 Å². The fourth-order valence-electron chi connectivity index (χ4n) is 3.34. The van der Waals surface area contributed by atoms with E-state index in [1.165, 1.54) is 47.9 Å². The smallest absolute Gasteiger partial charge is 0.0593 e. The van der Waals surface area contributed by atoms with Crippen LogP contribution in [0.5, 0.6) is 0 Å². The van der Waals surface area contributed by atoms with Gasteiger partial charge in [0, 0.05) is 0 Å². The number of hydrogen-bond acceptors (Lipinski definition) is 0. The van der Waals surface area contributed by atoms with Crippen molar-refractivity contribution in [1.82, 2.24) is 0 Å². The first-order valence-electron chi connectivity index (χ1n) is 6.79. The van der Waals surface area contributed by atoms with Crippen LogP contribution in [0.4, 0.5) is 0 Å². The minimum atomic E-state index is 0.207. The normalized spacial score (nSPS) is 18.6. The molecule has 1 unspecified atom stereocenters. The van der Waals surface area contributed by atoms with Gasteiger partial charge in [-0.1, -0.05) is 43.4 Å². The Balaban J connectivity index is 2.15. The molecule has 0 radical (unpaired) electrons. The molecular formula is C16H23Cl. The summed E-state index contributed by atoms with van der Waals surface area (Å²) in [6.07, 6.45) is 6.73. The molecule has 0 nitrogen and oxygen atoms in total. The van der Waals surface area contributed by atoms with E-state index in [-0.39, 0.29) is 5.38 Å². The minimum absolute atomic E-state index is 0.207. The third-order valence-electron chi connectivity index (χ3n) is 4.07. The van der Waals surface area contributed by atoms with E-state index in [0.717, 1.165) is 12.3 Å². The van der Waals surface area contributed by atoms with Gasteiger partial charge in [-0.05, 0) is 49.8 Å². The maximum Gasteiger partial charge on any atom is 0.0593 e. The maximum absolute atomic E-state index is 6.65. The van der Waals surface area contributed by atoms with Crippen molar-refractivity contribution in [2.75, 3.05) is 0 Å². The van der Waals surface area contributed by atoms with Crippen LogP contribution in [0.2, 0.25) is 0 Å². The largest absolute Gasteiger partial charge is 0.118 e. The standard InChI is InChI=1S/C16H23Cl/c1-11-8-12(2)16(13(3)9-11)15(17)10-14-6-4-5-7-14/h8-9,14-15H,4-7,10H2,1-3H3. The number of hydrogen-bond donors (Lipinski definition) is 0. The van der Waals surface area contributed by atoms with Crippen molar-refractivity contribution in [3.05, 3.63) is 34.4 Å². The molecule has 1 aliphatic rings. The van der Waals surface area contributed by atoms with Crippen LogP contribution in [0.1, 0.15) is 59.7 Å². The monoisotopic (exact) mass is 250 g/mol. The van der Waals surface area contributed by atoms with E-state index in [4.69, 9.17) is 11.6 Å². The zero-order valence-corrected chi connectivity index (χ0v) is 12.0. The summed E-state index contributed by atoms with van der Waals surface area (Å²) in [5, 5.41) is 0.207. The van der Waals surface area contributed by atoms with Gasteiger partial charge in [0.2, 0.25) is 0 Å². The minimum Gasteiger partial charge on any atom is -0.118 e. The number of alkyl halides is 1. The Labute approximate surface area is 110 Å². The summed E-state index contributed by atoms with van der Waals surface area (Å²) in [5.74, 6) is 0.859. The highest BCUT2D eigenvalue weighted by atomic mass is 35.5. The molecule has 1 aliphatic carbocycles. The molecule has 0 aliphatic heterocycles. The van der Waals surface area contributed by atoms with Gasteiger partial charge >= 0.3 is 0 Å². The van der Waals surface area contributed by atoms with Crippen LogP contribution in [0.25, 0.3) is 0 Å². The zero-order valence-electron chi connectivity index (χ0n) is 11.2. The van der Waals surface area contributed by atoms with Gasteiger partial charge in [-0.25, -0.2) is 0 Å². The van der Waals surface area contributed by atoms with Gasteiger partial charge < -0.3 is 0 Å². The van der Waals surface area contributed by atoms with Crippen LogP contribution >= 0.6 is 11.6 Å². The Morgan fingerprint density at radius 1 is 1.12 bits per heavy atom. The van der Waals surface area contributed by atoms with Crippen molar-refractivity contribution in [3.8, 4) is 0 Å². The quantitative estimate of drug-likeness (QED) is 0.624. The molecule has 1 aromatic carbocycles. The fourth-order valence-corrected chi connectivity index (χ4v) is 3.94. The molecule has 0 bridgehead atoms. The summed E-state index contributed by atoms with van der Waals surface area (Å²) in [4.78, 5) is 0. The second kappa shape index (κ2) is 5.44. The Morgan fingerprint density at radius 2 is 1.65 bits per heavy atom.